The average molecular weight is 471 g/mol. The Morgan fingerprint density at radius 3 is 2.52 bits per heavy atom. The molecule has 4 rings (SSSR count). The maximum absolute atomic E-state index is 13.2. The van der Waals surface area contributed by atoms with Crippen LogP contribution in [0.15, 0.2) is 62.6 Å². The second kappa shape index (κ2) is 9.17. The van der Waals surface area contributed by atoms with Crippen LogP contribution in [0.3, 0.4) is 0 Å². The van der Waals surface area contributed by atoms with Crippen molar-refractivity contribution in [2.75, 3.05) is 6.54 Å². The second-order valence-electron chi connectivity index (χ2n) is 6.94. The van der Waals surface area contributed by atoms with E-state index < -0.39 is 23.0 Å². The number of carbonyl (C=O) groups excluding carboxylic acids is 1. The van der Waals surface area contributed by atoms with Crippen LogP contribution < -0.4 is 16.6 Å². The van der Waals surface area contributed by atoms with Crippen molar-refractivity contribution in [2.24, 2.45) is 7.05 Å². The van der Waals surface area contributed by atoms with Crippen molar-refractivity contribution in [1.82, 2.24) is 29.8 Å². The first-order valence-electron chi connectivity index (χ1n) is 9.66. The molecule has 0 aliphatic heterocycles. The number of hydrogen-bond donors (Lipinski definition) is 1. The zero-order chi connectivity index (χ0) is 23.5. The zero-order valence-corrected chi connectivity index (χ0v) is 17.9. The van der Waals surface area contributed by atoms with Gasteiger partial charge >= 0.3 is 17.5 Å². The fourth-order valence-electron chi connectivity index (χ4n) is 2.92. The Bertz CT molecular complexity index is 1430. The van der Waals surface area contributed by atoms with E-state index in [1.807, 2.05) is 12.1 Å². The van der Waals surface area contributed by atoms with Crippen LogP contribution in [0, 0.1) is 5.82 Å². The third kappa shape index (κ3) is 4.72. The van der Waals surface area contributed by atoms with E-state index in [2.05, 4.69) is 20.6 Å². The van der Waals surface area contributed by atoms with Gasteiger partial charge in [0.15, 0.2) is 5.69 Å². The van der Waals surface area contributed by atoms with Gasteiger partial charge in [-0.15, -0.1) is 0 Å². The molecule has 4 aromatic rings. The van der Waals surface area contributed by atoms with Crippen molar-refractivity contribution >= 4 is 17.5 Å². The first-order valence-corrected chi connectivity index (χ1v) is 10.0. The Balaban J connectivity index is 1.55. The molecule has 0 spiro atoms. The minimum Gasteiger partial charge on any atom is -0.347 e. The Hall–Kier alpha value is -4.12. The number of carbonyl (C=O) groups is 1. The van der Waals surface area contributed by atoms with Crippen molar-refractivity contribution in [3.63, 3.8) is 0 Å². The summed E-state index contributed by atoms with van der Waals surface area (Å²) in [7, 11) is 1.25. The van der Waals surface area contributed by atoms with Crippen LogP contribution in [-0.2, 0) is 13.5 Å². The van der Waals surface area contributed by atoms with Gasteiger partial charge in [-0.25, -0.2) is 9.18 Å². The van der Waals surface area contributed by atoms with Crippen LogP contribution >= 0.6 is 11.6 Å². The van der Waals surface area contributed by atoms with E-state index in [0.29, 0.717) is 18.0 Å². The highest BCUT2D eigenvalue weighted by molar-refractivity contribution is 6.30. The lowest BCUT2D eigenvalue weighted by Crippen LogP contribution is -2.40. The molecule has 168 valence electrons. The summed E-state index contributed by atoms with van der Waals surface area (Å²) in [5, 5.41) is 10.9. The van der Waals surface area contributed by atoms with Gasteiger partial charge in [-0.1, -0.05) is 28.9 Å². The Kier molecular flexibility index (Phi) is 6.13. The summed E-state index contributed by atoms with van der Waals surface area (Å²) in [4.78, 5) is 41.3. The number of nitrogens with one attached hydrogen (secondary N) is 1. The fraction of sp³-hybridized carbons (Fsp3) is 0.143. The molecule has 1 amide bonds. The lowest BCUT2D eigenvalue weighted by Gasteiger charge is -2.07. The molecule has 0 radical (unpaired) electrons. The van der Waals surface area contributed by atoms with Gasteiger partial charge in [0.05, 0.1) is 5.69 Å². The molecule has 1 N–H and O–H groups in total. The summed E-state index contributed by atoms with van der Waals surface area (Å²) >= 11 is 5.85. The molecule has 0 bridgehead atoms. The highest BCUT2D eigenvalue weighted by Crippen LogP contribution is 2.11. The molecular formula is C21H16ClFN6O4. The van der Waals surface area contributed by atoms with E-state index in [1.54, 1.807) is 12.1 Å². The van der Waals surface area contributed by atoms with Crippen molar-refractivity contribution in [2.45, 2.75) is 6.42 Å². The van der Waals surface area contributed by atoms with Gasteiger partial charge in [0.1, 0.15) is 5.82 Å². The first kappa shape index (κ1) is 22.1. The van der Waals surface area contributed by atoms with Crippen LogP contribution in [-0.4, -0.2) is 36.9 Å². The van der Waals surface area contributed by atoms with Gasteiger partial charge in [0.2, 0.25) is 5.82 Å². The normalized spacial score (nSPS) is 10.9. The maximum Gasteiger partial charge on any atom is 0.351 e. The second-order valence-corrected chi connectivity index (χ2v) is 7.38. The molecule has 12 heteroatoms. The maximum atomic E-state index is 13.2. The molecule has 33 heavy (non-hydrogen) atoms. The number of aromatic nitrogens is 5. The molecule has 0 atom stereocenters. The molecule has 0 aliphatic carbocycles. The number of rotatable bonds is 6. The summed E-state index contributed by atoms with van der Waals surface area (Å²) in [5.74, 6) is -1.77. The molecule has 0 aliphatic rings. The number of halogens is 2. The third-order valence-corrected chi connectivity index (χ3v) is 4.94. The SMILES string of the molecule is Cn1c(=O)c(-c2noc(C(=O)NCCc3ccc(Cl)cc3)n2)nn(-c2ccc(F)cc2)c1=O. The standard InChI is InChI=1S/C21H16ClFN6O4/c1-28-20(31)16(26-29(21(28)32)15-8-6-14(23)7-9-15)17-25-19(33-27-17)18(30)24-11-10-12-2-4-13(22)5-3-12/h2-9H,10-11H2,1H3,(H,24,30). The summed E-state index contributed by atoms with van der Waals surface area (Å²) in [6.45, 7) is 0.299. The number of benzene rings is 2. The van der Waals surface area contributed by atoms with Crippen molar-refractivity contribution < 1.29 is 13.7 Å². The van der Waals surface area contributed by atoms with E-state index >= 15 is 0 Å². The summed E-state index contributed by atoms with van der Waals surface area (Å²) in [6, 6.07) is 12.1. The monoisotopic (exact) mass is 470 g/mol. The molecule has 0 fully saturated rings. The van der Waals surface area contributed by atoms with E-state index in [4.69, 9.17) is 16.1 Å². The third-order valence-electron chi connectivity index (χ3n) is 4.69. The van der Waals surface area contributed by atoms with Crippen LogP contribution in [0.4, 0.5) is 4.39 Å². The molecular weight excluding hydrogens is 455 g/mol. The Labute approximate surface area is 190 Å². The lowest BCUT2D eigenvalue weighted by atomic mass is 10.1. The molecule has 2 aromatic carbocycles. The van der Waals surface area contributed by atoms with E-state index in [9.17, 15) is 18.8 Å². The minimum atomic E-state index is -0.783. The largest absolute Gasteiger partial charge is 0.351 e. The van der Waals surface area contributed by atoms with Crippen LogP contribution in [0.1, 0.15) is 16.2 Å². The average Bonchev–Trinajstić information content (AvgIpc) is 3.30. The van der Waals surface area contributed by atoms with E-state index in [0.717, 1.165) is 26.9 Å². The smallest absolute Gasteiger partial charge is 0.347 e. The molecule has 0 saturated carbocycles. The van der Waals surface area contributed by atoms with Gasteiger partial charge in [-0.3, -0.25) is 14.2 Å². The van der Waals surface area contributed by atoms with Gasteiger partial charge in [-0.2, -0.15) is 14.8 Å². The molecule has 0 saturated heterocycles. The highest BCUT2D eigenvalue weighted by atomic mass is 35.5. The highest BCUT2D eigenvalue weighted by Gasteiger charge is 2.21. The summed E-state index contributed by atoms with van der Waals surface area (Å²) < 4.78 is 19.9. The van der Waals surface area contributed by atoms with Gasteiger partial charge in [0.25, 0.3) is 5.56 Å². The molecule has 2 aromatic heterocycles. The lowest BCUT2D eigenvalue weighted by molar-refractivity contribution is 0.0910. The van der Waals surface area contributed by atoms with Crippen molar-refractivity contribution in [3.05, 3.63) is 91.7 Å². The van der Waals surface area contributed by atoms with E-state index in [-0.39, 0.29) is 23.1 Å². The van der Waals surface area contributed by atoms with Crippen LogP contribution in [0.2, 0.25) is 5.02 Å². The predicted molar refractivity (Wildman–Crippen MR) is 116 cm³/mol. The number of hydrogen-bond acceptors (Lipinski definition) is 7. The summed E-state index contributed by atoms with van der Waals surface area (Å²) in [5.41, 5.74) is -0.651. The minimum absolute atomic E-state index is 0.224. The molecule has 0 unspecified atom stereocenters. The first-order chi connectivity index (χ1) is 15.8. The topological polar surface area (TPSA) is 125 Å². The molecule has 2 heterocycles. The van der Waals surface area contributed by atoms with Crippen molar-refractivity contribution in [1.29, 1.82) is 0 Å². The quantitative estimate of drug-likeness (QED) is 0.455. The van der Waals surface area contributed by atoms with E-state index in [1.165, 1.54) is 19.2 Å². The fourth-order valence-corrected chi connectivity index (χ4v) is 3.05. The molecule has 10 nitrogen and oxygen atoms in total. The number of nitrogens with zero attached hydrogens (tertiary/aromatic N) is 5. The predicted octanol–water partition coefficient (Wildman–Crippen LogP) is 1.75. The van der Waals surface area contributed by atoms with Crippen LogP contribution in [0.25, 0.3) is 17.2 Å². The Morgan fingerprint density at radius 2 is 1.82 bits per heavy atom. The Morgan fingerprint density at radius 1 is 1.12 bits per heavy atom. The summed E-state index contributed by atoms with van der Waals surface area (Å²) in [6.07, 6.45) is 0.550. The van der Waals surface area contributed by atoms with Gasteiger partial charge in [0, 0.05) is 18.6 Å². The van der Waals surface area contributed by atoms with Crippen molar-refractivity contribution in [3.8, 4) is 17.2 Å². The zero-order valence-electron chi connectivity index (χ0n) is 17.2. The number of amides is 1. The van der Waals surface area contributed by atoms with Gasteiger partial charge < -0.3 is 9.84 Å². The van der Waals surface area contributed by atoms with Crippen LogP contribution in [0.5, 0.6) is 0 Å². The van der Waals surface area contributed by atoms with Gasteiger partial charge in [-0.05, 0) is 48.4 Å².